The van der Waals surface area contributed by atoms with Crippen molar-refractivity contribution in [2.75, 3.05) is 13.1 Å². The molecule has 3 rings (SSSR count). The monoisotopic (exact) mass is 301 g/mol. The average molecular weight is 301 g/mol. The highest BCUT2D eigenvalue weighted by atomic mass is 19.1. The van der Waals surface area contributed by atoms with Crippen LogP contribution in [-0.2, 0) is 11.2 Å². The number of hydrogen-bond donors (Lipinski definition) is 1. The summed E-state index contributed by atoms with van der Waals surface area (Å²) in [6.07, 6.45) is 6.29. The molecule has 5 heteroatoms. The van der Waals surface area contributed by atoms with Crippen molar-refractivity contribution in [3.63, 3.8) is 0 Å². The lowest BCUT2D eigenvalue weighted by Crippen LogP contribution is -2.38. The van der Waals surface area contributed by atoms with Gasteiger partial charge in [-0.15, -0.1) is 0 Å². The zero-order chi connectivity index (χ0) is 15.4. The number of nitrogens with one attached hydrogen (secondary N) is 1. The van der Waals surface area contributed by atoms with Gasteiger partial charge in [0.15, 0.2) is 0 Å². The van der Waals surface area contributed by atoms with Crippen LogP contribution in [0.5, 0.6) is 0 Å². The maximum atomic E-state index is 13.6. The Labute approximate surface area is 129 Å². The van der Waals surface area contributed by atoms with E-state index >= 15 is 0 Å². The minimum Gasteiger partial charge on any atom is -0.348 e. The largest absolute Gasteiger partial charge is 0.348 e. The van der Waals surface area contributed by atoms with Crippen LogP contribution >= 0.6 is 0 Å². The lowest BCUT2D eigenvalue weighted by atomic mass is 9.95. The Bertz CT molecular complexity index is 619. The predicted octanol–water partition coefficient (Wildman–Crippen LogP) is 2.89. The molecule has 1 aromatic carbocycles. The average Bonchev–Trinajstić information content (AvgIpc) is 3.08. The van der Waals surface area contributed by atoms with E-state index in [1.807, 2.05) is 11.1 Å². The number of H-pyrrole nitrogens is 1. The van der Waals surface area contributed by atoms with Gasteiger partial charge in [0.1, 0.15) is 11.6 Å². The van der Waals surface area contributed by atoms with Crippen LogP contribution in [0.25, 0.3) is 0 Å². The molecular weight excluding hydrogens is 281 g/mol. The first-order chi connectivity index (χ1) is 10.7. The fraction of sp³-hybridized carbons (Fsp3) is 0.412. The highest BCUT2D eigenvalue weighted by Gasteiger charge is 2.24. The summed E-state index contributed by atoms with van der Waals surface area (Å²) < 4.78 is 13.6. The summed E-state index contributed by atoms with van der Waals surface area (Å²) in [5.41, 5.74) is 0.612. The lowest BCUT2D eigenvalue weighted by molar-refractivity contribution is -0.132. The Morgan fingerprint density at radius 1 is 1.32 bits per heavy atom. The molecule has 0 saturated carbocycles. The Morgan fingerprint density at radius 3 is 2.77 bits per heavy atom. The van der Waals surface area contributed by atoms with Crippen molar-refractivity contribution >= 4 is 5.91 Å². The summed E-state index contributed by atoms with van der Waals surface area (Å²) in [4.78, 5) is 21.6. The Morgan fingerprint density at radius 2 is 2.09 bits per heavy atom. The molecule has 0 aliphatic carbocycles. The van der Waals surface area contributed by atoms with Crippen LogP contribution in [0.15, 0.2) is 36.7 Å². The van der Waals surface area contributed by atoms with Crippen LogP contribution in [-0.4, -0.2) is 33.9 Å². The number of carbonyl (C=O) groups is 1. The fourth-order valence-corrected chi connectivity index (χ4v) is 3.00. The number of halogens is 1. The summed E-state index contributed by atoms with van der Waals surface area (Å²) in [6.45, 7) is 1.50. The van der Waals surface area contributed by atoms with E-state index in [-0.39, 0.29) is 11.7 Å². The molecule has 0 bridgehead atoms. The van der Waals surface area contributed by atoms with E-state index in [2.05, 4.69) is 9.97 Å². The van der Waals surface area contributed by atoms with Crippen LogP contribution in [0.1, 0.15) is 36.6 Å². The first kappa shape index (κ1) is 14.8. The zero-order valence-corrected chi connectivity index (χ0v) is 12.5. The molecule has 4 nitrogen and oxygen atoms in total. The van der Waals surface area contributed by atoms with Crippen LogP contribution in [0.2, 0.25) is 0 Å². The van der Waals surface area contributed by atoms with Gasteiger partial charge in [0.25, 0.3) is 0 Å². The third-order valence-corrected chi connectivity index (χ3v) is 4.32. The number of imidazole rings is 1. The number of likely N-dealkylation sites (tertiary alicyclic amines) is 1. The molecule has 1 aromatic heterocycles. The third-order valence-electron chi connectivity index (χ3n) is 4.32. The van der Waals surface area contributed by atoms with Gasteiger partial charge in [-0.05, 0) is 30.9 Å². The topological polar surface area (TPSA) is 49.0 Å². The van der Waals surface area contributed by atoms with Crippen molar-refractivity contribution in [1.29, 1.82) is 0 Å². The normalized spacial score (nSPS) is 16.0. The van der Waals surface area contributed by atoms with Gasteiger partial charge in [-0.2, -0.15) is 0 Å². The first-order valence-electron chi connectivity index (χ1n) is 7.74. The second-order valence-corrected chi connectivity index (χ2v) is 5.72. The number of aromatic nitrogens is 2. The number of hydrogen-bond acceptors (Lipinski definition) is 2. The molecule has 1 saturated heterocycles. The summed E-state index contributed by atoms with van der Waals surface area (Å²) in [7, 11) is 0. The molecule has 0 radical (unpaired) electrons. The number of rotatable bonds is 4. The number of aromatic amines is 1. The Balaban J connectivity index is 1.49. The van der Waals surface area contributed by atoms with Crippen molar-refractivity contribution in [3.05, 3.63) is 53.9 Å². The van der Waals surface area contributed by atoms with Gasteiger partial charge in [0, 0.05) is 37.8 Å². The van der Waals surface area contributed by atoms with Gasteiger partial charge in [-0.1, -0.05) is 18.2 Å². The van der Waals surface area contributed by atoms with Crippen molar-refractivity contribution in [3.8, 4) is 0 Å². The molecule has 0 spiro atoms. The van der Waals surface area contributed by atoms with Gasteiger partial charge < -0.3 is 9.88 Å². The van der Waals surface area contributed by atoms with E-state index < -0.39 is 0 Å². The van der Waals surface area contributed by atoms with E-state index in [0.29, 0.717) is 24.3 Å². The molecule has 0 unspecified atom stereocenters. The SMILES string of the molecule is O=C(CCc1ccccc1F)N1CCC(c2ncc[nH]2)CC1. The maximum Gasteiger partial charge on any atom is 0.222 e. The van der Waals surface area contributed by atoms with Crippen molar-refractivity contribution < 1.29 is 9.18 Å². The number of carbonyl (C=O) groups excluding carboxylic acids is 1. The van der Waals surface area contributed by atoms with Crippen LogP contribution in [0.3, 0.4) is 0 Å². The first-order valence-corrected chi connectivity index (χ1v) is 7.74. The van der Waals surface area contributed by atoms with Crippen molar-refractivity contribution in [2.45, 2.75) is 31.6 Å². The molecule has 116 valence electrons. The van der Waals surface area contributed by atoms with Crippen LogP contribution < -0.4 is 0 Å². The van der Waals surface area contributed by atoms with Crippen molar-refractivity contribution in [2.24, 2.45) is 0 Å². The molecule has 2 heterocycles. The molecule has 22 heavy (non-hydrogen) atoms. The van der Waals surface area contributed by atoms with E-state index in [1.54, 1.807) is 24.4 Å². The summed E-state index contributed by atoms with van der Waals surface area (Å²) in [5, 5.41) is 0. The standard InChI is InChI=1S/C17H20FN3O/c18-15-4-2-1-3-13(15)5-6-16(22)21-11-7-14(8-12-21)17-19-9-10-20-17/h1-4,9-10,14H,5-8,11-12H2,(H,19,20). The molecule has 0 atom stereocenters. The molecule has 2 aromatic rings. The fourth-order valence-electron chi connectivity index (χ4n) is 3.00. The minimum absolute atomic E-state index is 0.112. The van der Waals surface area contributed by atoms with E-state index in [9.17, 15) is 9.18 Å². The van der Waals surface area contributed by atoms with E-state index in [4.69, 9.17) is 0 Å². The van der Waals surface area contributed by atoms with Crippen LogP contribution in [0, 0.1) is 5.82 Å². The van der Waals surface area contributed by atoms with Gasteiger partial charge in [-0.25, -0.2) is 9.37 Å². The number of benzene rings is 1. The molecule has 1 N–H and O–H groups in total. The summed E-state index contributed by atoms with van der Waals surface area (Å²) in [6, 6.07) is 6.65. The molecule has 1 fully saturated rings. The second kappa shape index (κ2) is 6.73. The Kier molecular flexibility index (Phi) is 4.51. The summed E-state index contributed by atoms with van der Waals surface area (Å²) in [5.74, 6) is 1.30. The van der Waals surface area contributed by atoms with Crippen LogP contribution in [0.4, 0.5) is 4.39 Å². The number of aryl methyl sites for hydroxylation is 1. The Hall–Kier alpha value is -2.17. The third kappa shape index (κ3) is 3.35. The molecule has 1 aliphatic rings. The molecule has 1 aliphatic heterocycles. The summed E-state index contributed by atoms with van der Waals surface area (Å²) >= 11 is 0. The van der Waals surface area contributed by atoms with Gasteiger partial charge in [-0.3, -0.25) is 4.79 Å². The van der Waals surface area contributed by atoms with Gasteiger partial charge in [0.05, 0.1) is 0 Å². The minimum atomic E-state index is -0.230. The van der Waals surface area contributed by atoms with Gasteiger partial charge >= 0.3 is 0 Å². The van der Waals surface area contributed by atoms with Gasteiger partial charge in [0.2, 0.25) is 5.91 Å². The van der Waals surface area contributed by atoms with E-state index in [1.165, 1.54) is 6.07 Å². The maximum absolute atomic E-state index is 13.6. The highest BCUT2D eigenvalue weighted by Crippen LogP contribution is 2.25. The molecule has 1 amide bonds. The van der Waals surface area contributed by atoms with E-state index in [0.717, 1.165) is 31.8 Å². The molecular formula is C17H20FN3O. The quantitative estimate of drug-likeness (QED) is 0.944. The smallest absolute Gasteiger partial charge is 0.222 e. The number of nitrogens with zero attached hydrogens (tertiary/aromatic N) is 2. The number of piperidine rings is 1. The second-order valence-electron chi connectivity index (χ2n) is 5.72. The van der Waals surface area contributed by atoms with Crippen molar-refractivity contribution in [1.82, 2.24) is 14.9 Å². The zero-order valence-electron chi connectivity index (χ0n) is 12.5. The predicted molar refractivity (Wildman–Crippen MR) is 81.9 cm³/mol. The lowest BCUT2D eigenvalue weighted by Gasteiger charge is -2.31. The highest BCUT2D eigenvalue weighted by molar-refractivity contribution is 5.76. The number of amides is 1.